The number of esters is 1. The zero-order chi connectivity index (χ0) is 17.9. The SMILES string of the molecule is COC(=O)c1ccc(C[NH+]2CC[NH+](Cc3ccc4c(c3)OCO4)CC2)o1. The number of nitrogens with one attached hydrogen (secondary N) is 2. The number of carbonyl (C=O) groups is 1. The fourth-order valence-electron chi connectivity index (χ4n) is 3.58. The highest BCUT2D eigenvalue weighted by Crippen LogP contribution is 2.32. The predicted octanol–water partition coefficient (Wildman–Crippen LogP) is -0.721. The van der Waals surface area contributed by atoms with Crippen molar-refractivity contribution in [2.24, 2.45) is 0 Å². The van der Waals surface area contributed by atoms with Gasteiger partial charge in [-0.15, -0.1) is 0 Å². The average molecular weight is 360 g/mol. The molecule has 0 unspecified atom stereocenters. The standard InChI is InChI=1S/C19H22N2O5/c1-23-19(22)17-5-3-15(26-17)12-21-8-6-20(7-9-21)11-14-2-4-16-18(10-14)25-13-24-16/h2-5,10H,6-9,11-13H2,1H3/p+2. The summed E-state index contributed by atoms with van der Waals surface area (Å²) in [6.07, 6.45) is 0. The zero-order valence-corrected chi connectivity index (χ0v) is 14.9. The van der Waals surface area contributed by atoms with Gasteiger partial charge in [-0.2, -0.15) is 0 Å². The maximum atomic E-state index is 11.5. The second-order valence-electron chi connectivity index (χ2n) is 6.80. The number of benzene rings is 1. The summed E-state index contributed by atoms with van der Waals surface area (Å²) < 4.78 is 21.1. The fourth-order valence-corrected chi connectivity index (χ4v) is 3.58. The number of fused-ring (bicyclic) bond motifs is 1. The first kappa shape index (κ1) is 16.9. The molecule has 2 N–H and O–H groups in total. The van der Waals surface area contributed by atoms with Crippen LogP contribution in [-0.4, -0.2) is 46.1 Å². The predicted molar refractivity (Wildman–Crippen MR) is 91.4 cm³/mol. The highest BCUT2D eigenvalue weighted by atomic mass is 16.7. The van der Waals surface area contributed by atoms with Gasteiger partial charge in [0.1, 0.15) is 39.3 Å². The molecule has 2 aromatic rings. The molecule has 0 aliphatic carbocycles. The summed E-state index contributed by atoms with van der Waals surface area (Å²) in [5.41, 5.74) is 1.28. The Morgan fingerprint density at radius 2 is 1.73 bits per heavy atom. The maximum Gasteiger partial charge on any atom is 0.373 e. The highest BCUT2D eigenvalue weighted by molar-refractivity contribution is 5.86. The molecule has 0 saturated carbocycles. The molecule has 138 valence electrons. The summed E-state index contributed by atoms with van der Waals surface area (Å²) in [6, 6.07) is 9.75. The van der Waals surface area contributed by atoms with Gasteiger partial charge in [-0.05, 0) is 30.3 Å². The van der Waals surface area contributed by atoms with Crippen LogP contribution in [0.2, 0.25) is 0 Å². The van der Waals surface area contributed by atoms with E-state index in [9.17, 15) is 4.79 Å². The summed E-state index contributed by atoms with van der Waals surface area (Å²) in [5.74, 6) is 2.37. The second-order valence-corrected chi connectivity index (χ2v) is 6.80. The molecule has 2 aliphatic rings. The number of quaternary nitrogens is 2. The van der Waals surface area contributed by atoms with Gasteiger partial charge in [0, 0.05) is 5.56 Å². The lowest BCUT2D eigenvalue weighted by Gasteiger charge is -2.29. The first-order valence-electron chi connectivity index (χ1n) is 8.94. The van der Waals surface area contributed by atoms with Gasteiger partial charge in [0.25, 0.3) is 0 Å². The number of piperazine rings is 1. The number of ether oxygens (including phenoxy) is 3. The third-order valence-corrected chi connectivity index (χ3v) is 5.03. The normalized spacial score (nSPS) is 21.6. The van der Waals surface area contributed by atoms with Crippen LogP contribution in [0.4, 0.5) is 0 Å². The van der Waals surface area contributed by atoms with Gasteiger partial charge >= 0.3 is 5.97 Å². The Bertz CT molecular complexity index is 780. The molecular weight excluding hydrogens is 336 g/mol. The quantitative estimate of drug-likeness (QED) is 0.689. The molecule has 1 saturated heterocycles. The molecule has 0 radical (unpaired) electrons. The highest BCUT2D eigenvalue weighted by Gasteiger charge is 2.25. The van der Waals surface area contributed by atoms with Crippen molar-refractivity contribution >= 4 is 5.97 Å². The molecule has 1 fully saturated rings. The Balaban J connectivity index is 1.27. The lowest BCUT2D eigenvalue weighted by Crippen LogP contribution is -3.27. The van der Waals surface area contributed by atoms with Gasteiger partial charge < -0.3 is 28.4 Å². The van der Waals surface area contributed by atoms with E-state index in [2.05, 4.69) is 16.9 Å². The van der Waals surface area contributed by atoms with Crippen molar-refractivity contribution in [3.05, 3.63) is 47.4 Å². The first-order valence-corrected chi connectivity index (χ1v) is 8.94. The molecule has 0 amide bonds. The van der Waals surface area contributed by atoms with E-state index in [-0.39, 0.29) is 5.76 Å². The summed E-state index contributed by atoms with van der Waals surface area (Å²) in [7, 11) is 1.36. The molecule has 7 nitrogen and oxygen atoms in total. The van der Waals surface area contributed by atoms with Gasteiger partial charge in [-0.1, -0.05) is 0 Å². The van der Waals surface area contributed by atoms with Crippen LogP contribution >= 0.6 is 0 Å². The molecule has 0 spiro atoms. The van der Waals surface area contributed by atoms with Crippen LogP contribution in [0.15, 0.2) is 34.7 Å². The molecule has 0 atom stereocenters. The van der Waals surface area contributed by atoms with E-state index in [0.717, 1.165) is 56.5 Å². The number of furan rings is 1. The Kier molecular flexibility index (Phi) is 4.81. The van der Waals surface area contributed by atoms with Crippen molar-refractivity contribution < 1.29 is 33.2 Å². The molecule has 0 bridgehead atoms. The van der Waals surface area contributed by atoms with E-state index < -0.39 is 5.97 Å². The van der Waals surface area contributed by atoms with Crippen molar-refractivity contribution in [2.75, 3.05) is 40.1 Å². The van der Waals surface area contributed by atoms with E-state index in [1.807, 2.05) is 12.1 Å². The van der Waals surface area contributed by atoms with Crippen molar-refractivity contribution in [3.8, 4) is 11.5 Å². The van der Waals surface area contributed by atoms with E-state index in [4.69, 9.17) is 13.9 Å². The minimum absolute atomic E-state index is 0.272. The van der Waals surface area contributed by atoms with Crippen molar-refractivity contribution in [1.82, 2.24) is 0 Å². The minimum atomic E-state index is -0.427. The van der Waals surface area contributed by atoms with Crippen LogP contribution in [0, 0.1) is 0 Å². The van der Waals surface area contributed by atoms with Gasteiger partial charge in [0.15, 0.2) is 17.3 Å². The van der Waals surface area contributed by atoms with Gasteiger partial charge in [0.05, 0.1) is 7.11 Å². The van der Waals surface area contributed by atoms with Crippen molar-refractivity contribution in [3.63, 3.8) is 0 Å². The second kappa shape index (κ2) is 7.39. The number of carbonyl (C=O) groups excluding carboxylic acids is 1. The van der Waals surface area contributed by atoms with Gasteiger partial charge in [-0.3, -0.25) is 0 Å². The van der Waals surface area contributed by atoms with Crippen LogP contribution in [0.1, 0.15) is 21.9 Å². The Hall–Kier alpha value is -2.51. The number of hydrogen-bond donors (Lipinski definition) is 2. The van der Waals surface area contributed by atoms with Crippen LogP contribution in [-0.2, 0) is 17.8 Å². The first-order chi connectivity index (χ1) is 12.7. The topological polar surface area (TPSA) is 66.8 Å². The number of methoxy groups -OCH3 is 1. The molecule has 1 aromatic heterocycles. The third-order valence-electron chi connectivity index (χ3n) is 5.03. The third kappa shape index (κ3) is 3.68. The molecule has 7 heteroatoms. The fraction of sp³-hybridized carbons (Fsp3) is 0.421. The summed E-state index contributed by atoms with van der Waals surface area (Å²) in [4.78, 5) is 14.5. The van der Waals surface area contributed by atoms with E-state index in [1.165, 1.54) is 17.6 Å². The van der Waals surface area contributed by atoms with Crippen LogP contribution in [0.3, 0.4) is 0 Å². The lowest BCUT2D eigenvalue weighted by atomic mass is 10.1. The van der Waals surface area contributed by atoms with Crippen LogP contribution < -0.4 is 19.3 Å². The molecule has 3 heterocycles. The van der Waals surface area contributed by atoms with Crippen molar-refractivity contribution in [1.29, 1.82) is 0 Å². The molecule has 2 aliphatic heterocycles. The summed E-state index contributed by atoms with van der Waals surface area (Å²) >= 11 is 0. The van der Waals surface area contributed by atoms with Crippen molar-refractivity contribution in [2.45, 2.75) is 13.1 Å². The molecule has 26 heavy (non-hydrogen) atoms. The minimum Gasteiger partial charge on any atom is -0.463 e. The van der Waals surface area contributed by atoms with Crippen LogP contribution in [0.25, 0.3) is 0 Å². The number of hydrogen-bond acceptors (Lipinski definition) is 5. The van der Waals surface area contributed by atoms with Gasteiger partial charge in [-0.25, -0.2) is 4.79 Å². The van der Waals surface area contributed by atoms with E-state index in [1.54, 1.807) is 11.0 Å². The maximum absolute atomic E-state index is 11.5. The monoisotopic (exact) mass is 360 g/mol. The Morgan fingerprint density at radius 3 is 2.50 bits per heavy atom. The average Bonchev–Trinajstić information content (AvgIpc) is 3.31. The Morgan fingerprint density at radius 1 is 1.00 bits per heavy atom. The molecular formula is C19H24N2O5+2. The van der Waals surface area contributed by atoms with Crippen LogP contribution in [0.5, 0.6) is 11.5 Å². The zero-order valence-electron chi connectivity index (χ0n) is 14.9. The Labute approximate surface area is 152 Å². The van der Waals surface area contributed by atoms with E-state index in [0.29, 0.717) is 6.79 Å². The summed E-state index contributed by atoms with van der Waals surface area (Å²) in [5, 5.41) is 0. The number of rotatable bonds is 5. The summed E-state index contributed by atoms with van der Waals surface area (Å²) in [6.45, 7) is 6.48. The smallest absolute Gasteiger partial charge is 0.373 e. The van der Waals surface area contributed by atoms with E-state index >= 15 is 0 Å². The molecule has 1 aromatic carbocycles. The largest absolute Gasteiger partial charge is 0.463 e. The lowest BCUT2D eigenvalue weighted by molar-refractivity contribution is -1.02. The molecule has 4 rings (SSSR count). The van der Waals surface area contributed by atoms with Gasteiger partial charge in [0.2, 0.25) is 12.6 Å².